The monoisotopic (exact) mass is 211 g/mol. The molecule has 2 rings (SSSR count). The highest BCUT2D eigenvalue weighted by molar-refractivity contribution is 5.21. The Kier molecular flexibility index (Phi) is 2.68. The van der Waals surface area contributed by atoms with Gasteiger partial charge in [-0.2, -0.15) is 5.10 Å². The minimum absolute atomic E-state index is 0.00932. The van der Waals surface area contributed by atoms with Crippen LogP contribution < -0.4 is 0 Å². The fraction of sp³-hybridized carbons (Fsp3) is 0.667. The number of nitrogens with zero attached hydrogens (tertiary/aromatic N) is 3. The van der Waals surface area contributed by atoms with E-state index in [-0.39, 0.29) is 17.8 Å². The van der Waals surface area contributed by atoms with Crippen LogP contribution in [0.4, 0.5) is 5.69 Å². The summed E-state index contributed by atoms with van der Waals surface area (Å²) < 4.78 is 1.60. The van der Waals surface area contributed by atoms with Crippen molar-refractivity contribution in [3.8, 4) is 0 Å². The SMILES string of the molecule is O=[N+]([O-])c1cnn([C@@H]2CCC[C@H](O)C2)c1. The second kappa shape index (κ2) is 3.98. The molecular weight excluding hydrogens is 198 g/mol. The number of nitro groups is 1. The van der Waals surface area contributed by atoms with Crippen molar-refractivity contribution in [2.24, 2.45) is 0 Å². The molecule has 1 saturated carbocycles. The van der Waals surface area contributed by atoms with Crippen molar-refractivity contribution in [1.82, 2.24) is 9.78 Å². The Hall–Kier alpha value is -1.43. The van der Waals surface area contributed by atoms with E-state index < -0.39 is 4.92 Å². The van der Waals surface area contributed by atoms with Crippen molar-refractivity contribution in [3.63, 3.8) is 0 Å². The van der Waals surface area contributed by atoms with Gasteiger partial charge in [0.05, 0.1) is 17.1 Å². The minimum Gasteiger partial charge on any atom is -0.393 e. The molecule has 15 heavy (non-hydrogen) atoms. The van der Waals surface area contributed by atoms with Gasteiger partial charge in [0.1, 0.15) is 12.4 Å². The highest BCUT2D eigenvalue weighted by Crippen LogP contribution is 2.28. The van der Waals surface area contributed by atoms with Gasteiger partial charge in [-0.05, 0) is 25.7 Å². The molecule has 6 nitrogen and oxygen atoms in total. The van der Waals surface area contributed by atoms with Gasteiger partial charge in [0.15, 0.2) is 0 Å². The highest BCUT2D eigenvalue weighted by atomic mass is 16.6. The number of aliphatic hydroxyl groups excluding tert-OH is 1. The van der Waals surface area contributed by atoms with Gasteiger partial charge in [0.25, 0.3) is 0 Å². The molecule has 0 spiro atoms. The van der Waals surface area contributed by atoms with Gasteiger partial charge in [-0.15, -0.1) is 0 Å². The predicted octanol–water partition coefficient (Wildman–Crippen LogP) is 1.27. The zero-order valence-corrected chi connectivity index (χ0v) is 8.24. The predicted molar refractivity (Wildman–Crippen MR) is 52.4 cm³/mol. The molecule has 0 aliphatic heterocycles. The highest BCUT2D eigenvalue weighted by Gasteiger charge is 2.23. The number of aliphatic hydroxyl groups is 1. The third-order valence-corrected chi connectivity index (χ3v) is 2.79. The Morgan fingerprint density at radius 2 is 2.40 bits per heavy atom. The van der Waals surface area contributed by atoms with Crippen molar-refractivity contribution in [3.05, 3.63) is 22.5 Å². The molecule has 0 radical (unpaired) electrons. The van der Waals surface area contributed by atoms with Crippen LogP contribution >= 0.6 is 0 Å². The molecule has 0 unspecified atom stereocenters. The molecule has 0 saturated heterocycles. The van der Waals surface area contributed by atoms with Crippen LogP contribution in [0.5, 0.6) is 0 Å². The summed E-state index contributed by atoms with van der Waals surface area (Å²) in [5.41, 5.74) is 0.00932. The molecule has 0 amide bonds. The average molecular weight is 211 g/mol. The summed E-state index contributed by atoms with van der Waals surface area (Å²) in [5.74, 6) is 0. The van der Waals surface area contributed by atoms with Crippen molar-refractivity contribution in [2.75, 3.05) is 0 Å². The maximum atomic E-state index is 10.5. The van der Waals surface area contributed by atoms with Crippen LogP contribution in [0.1, 0.15) is 31.7 Å². The van der Waals surface area contributed by atoms with Crippen molar-refractivity contribution in [1.29, 1.82) is 0 Å². The molecule has 1 aliphatic carbocycles. The molecule has 1 aliphatic rings. The smallest absolute Gasteiger partial charge is 0.307 e. The van der Waals surface area contributed by atoms with Crippen molar-refractivity contribution < 1.29 is 10.0 Å². The van der Waals surface area contributed by atoms with Crippen LogP contribution in [0, 0.1) is 10.1 Å². The second-order valence-electron chi connectivity index (χ2n) is 3.91. The second-order valence-corrected chi connectivity index (χ2v) is 3.91. The first-order chi connectivity index (χ1) is 7.16. The van der Waals surface area contributed by atoms with Crippen LogP contribution in [0.25, 0.3) is 0 Å². The standard InChI is InChI=1S/C9H13N3O3/c13-9-3-1-2-7(4-9)11-6-8(5-10-11)12(14)15/h5-7,9,13H,1-4H2/t7-,9+/m1/s1. The van der Waals surface area contributed by atoms with E-state index in [0.29, 0.717) is 6.42 Å². The fourth-order valence-corrected chi connectivity index (χ4v) is 2.00. The molecule has 1 aromatic heterocycles. The van der Waals surface area contributed by atoms with E-state index in [4.69, 9.17) is 0 Å². The van der Waals surface area contributed by atoms with E-state index in [1.54, 1.807) is 4.68 Å². The third-order valence-electron chi connectivity index (χ3n) is 2.79. The van der Waals surface area contributed by atoms with Crippen LogP contribution in [0.2, 0.25) is 0 Å². The molecule has 1 heterocycles. The largest absolute Gasteiger partial charge is 0.393 e. The molecule has 2 atom stereocenters. The molecular formula is C9H13N3O3. The fourth-order valence-electron chi connectivity index (χ4n) is 2.00. The lowest BCUT2D eigenvalue weighted by molar-refractivity contribution is -0.385. The lowest BCUT2D eigenvalue weighted by Gasteiger charge is -2.25. The number of rotatable bonds is 2. The Morgan fingerprint density at radius 1 is 1.60 bits per heavy atom. The van der Waals surface area contributed by atoms with Crippen LogP contribution in [0.15, 0.2) is 12.4 Å². The summed E-state index contributed by atoms with van der Waals surface area (Å²) in [6.45, 7) is 0. The van der Waals surface area contributed by atoms with Crippen molar-refractivity contribution >= 4 is 5.69 Å². The van der Waals surface area contributed by atoms with Crippen LogP contribution in [0.3, 0.4) is 0 Å². The molecule has 1 aromatic rings. The van der Waals surface area contributed by atoms with E-state index in [9.17, 15) is 15.2 Å². The van der Waals surface area contributed by atoms with Gasteiger partial charge in [-0.3, -0.25) is 14.8 Å². The summed E-state index contributed by atoms with van der Waals surface area (Å²) in [7, 11) is 0. The van der Waals surface area contributed by atoms with Gasteiger partial charge >= 0.3 is 5.69 Å². The first kappa shape index (κ1) is 10.1. The van der Waals surface area contributed by atoms with Crippen molar-refractivity contribution in [2.45, 2.75) is 37.8 Å². The molecule has 0 aromatic carbocycles. The average Bonchev–Trinajstić information content (AvgIpc) is 2.66. The zero-order chi connectivity index (χ0) is 10.8. The van der Waals surface area contributed by atoms with Crippen LogP contribution in [-0.2, 0) is 0 Å². The number of aromatic nitrogens is 2. The van der Waals surface area contributed by atoms with Gasteiger partial charge in [-0.1, -0.05) is 0 Å². The molecule has 6 heteroatoms. The summed E-state index contributed by atoms with van der Waals surface area (Å²) in [5, 5.41) is 23.9. The third kappa shape index (κ3) is 2.15. The summed E-state index contributed by atoms with van der Waals surface area (Å²) in [4.78, 5) is 10.0. The Morgan fingerprint density at radius 3 is 3.00 bits per heavy atom. The summed E-state index contributed by atoms with van der Waals surface area (Å²) in [6.07, 6.45) is 5.71. The lowest BCUT2D eigenvalue weighted by Crippen LogP contribution is -2.22. The van der Waals surface area contributed by atoms with Gasteiger partial charge in [0.2, 0.25) is 0 Å². The minimum atomic E-state index is -0.456. The van der Waals surface area contributed by atoms with Gasteiger partial charge < -0.3 is 5.11 Å². The molecule has 82 valence electrons. The first-order valence-corrected chi connectivity index (χ1v) is 5.03. The molecule has 1 N–H and O–H groups in total. The normalized spacial score (nSPS) is 26.5. The number of hydrogen-bond donors (Lipinski definition) is 1. The quantitative estimate of drug-likeness (QED) is 0.590. The Labute approximate surface area is 86.7 Å². The summed E-state index contributed by atoms with van der Waals surface area (Å²) in [6, 6.07) is 0.0995. The van der Waals surface area contributed by atoms with Gasteiger partial charge in [0, 0.05) is 0 Å². The number of hydrogen-bond acceptors (Lipinski definition) is 4. The maximum absolute atomic E-state index is 10.5. The Bertz CT molecular complexity index is 363. The molecule has 0 bridgehead atoms. The summed E-state index contributed by atoms with van der Waals surface area (Å²) >= 11 is 0. The maximum Gasteiger partial charge on any atom is 0.307 e. The van der Waals surface area contributed by atoms with E-state index >= 15 is 0 Å². The van der Waals surface area contributed by atoms with E-state index in [1.165, 1.54) is 12.4 Å². The van der Waals surface area contributed by atoms with E-state index in [1.807, 2.05) is 0 Å². The van der Waals surface area contributed by atoms with Crippen LogP contribution in [-0.4, -0.2) is 25.9 Å². The first-order valence-electron chi connectivity index (χ1n) is 5.03. The Balaban J connectivity index is 2.11. The zero-order valence-electron chi connectivity index (χ0n) is 8.24. The van der Waals surface area contributed by atoms with Gasteiger partial charge in [-0.25, -0.2) is 0 Å². The van der Waals surface area contributed by atoms with E-state index in [0.717, 1.165) is 19.3 Å². The lowest BCUT2D eigenvalue weighted by atomic mass is 9.93. The topological polar surface area (TPSA) is 81.2 Å². The molecule has 1 fully saturated rings. The van der Waals surface area contributed by atoms with E-state index in [2.05, 4.69) is 5.10 Å².